The van der Waals surface area contributed by atoms with E-state index in [0.29, 0.717) is 15.1 Å². The number of methoxy groups -OCH3 is 1. The number of rotatable bonds is 5. The van der Waals surface area contributed by atoms with E-state index in [4.69, 9.17) is 4.74 Å². The van der Waals surface area contributed by atoms with Gasteiger partial charge in [0.1, 0.15) is 22.2 Å². The van der Waals surface area contributed by atoms with Crippen molar-refractivity contribution in [2.75, 3.05) is 19.0 Å². The van der Waals surface area contributed by atoms with Crippen molar-refractivity contribution in [3.05, 3.63) is 54.1 Å². The minimum absolute atomic E-state index is 0.0537. The minimum atomic E-state index is -4.05. The van der Waals surface area contributed by atoms with Crippen LogP contribution in [0.15, 0.2) is 53.4 Å². The van der Waals surface area contributed by atoms with Crippen LogP contribution >= 0.6 is 11.3 Å². The third kappa shape index (κ3) is 3.45. The molecule has 2 heterocycles. The van der Waals surface area contributed by atoms with Crippen molar-refractivity contribution in [3.63, 3.8) is 0 Å². The van der Waals surface area contributed by atoms with Gasteiger partial charge in [-0.25, -0.2) is 12.7 Å². The molecule has 0 radical (unpaired) electrons. The molecule has 1 aliphatic heterocycles. The van der Waals surface area contributed by atoms with Gasteiger partial charge in [-0.05, 0) is 36.4 Å². The van der Waals surface area contributed by atoms with Gasteiger partial charge in [-0.3, -0.25) is 14.9 Å². The Morgan fingerprint density at radius 2 is 1.86 bits per heavy atom. The van der Waals surface area contributed by atoms with Gasteiger partial charge < -0.3 is 4.74 Å². The molecular formula is C18H14N4O5S2. The van der Waals surface area contributed by atoms with Gasteiger partial charge in [-0.1, -0.05) is 23.5 Å². The fraction of sp³-hybridized carbons (Fsp3) is 0.111. The quantitative estimate of drug-likeness (QED) is 0.657. The lowest BCUT2D eigenvalue weighted by atomic mass is 10.2. The molecule has 0 spiro atoms. The Labute approximate surface area is 170 Å². The van der Waals surface area contributed by atoms with Gasteiger partial charge in [-0.2, -0.15) is 0 Å². The summed E-state index contributed by atoms with van der Waals surface area (Å²) in [6.45, 7) is -0.646. The largest absolute Gasteiger partial charge is 0.497 e. The van der Waals surface area contributed by atoms with E-state index in [1.165, 1.54) is 18.2 Å². The van der Waals surface area contributed by atoms with Crippen LogP contribution in [0.25, 0.3) is 10.6 Å². The third-order valence-corrected chi connectivity index (χ3v) is 6.88. The normalized spacial score (nSPS) is 14.5. The molecule has 0 unspecified atom stereocenters. The van der Waals surface area contributed by atoms with E-state index in [-0.39, 0.29) is 15.6 Å². The first-order chi connectivity index (χ1) is 13.9. The van der Waals surface area contributed by atoms with Crippen molar-refractivity contribution in [1.29, 1.82) is 0 Å². The number of hydrogen-bond donors (Lipinski definition) is 1. The number of hydrogen-bond acceptors (Lipinski definition) is 8. The van der Waals surface area contributed by atoms with Gasteiger partial charge in [0.05, 0.1) is 12.7 Å². The Bertz CT molecular complexity index is 1200. The second-order valence-electron chi connectivity index (χ2n) is 6.00. The summed E-state index contributed by atoms with van der Waals surface area (Å²) in [5.74, 6) is -0.719. The van der Waals surface area contributed by atoms with Crippen molar-refractivity contribution >= 4 is 38.3 Å². The number of ether oxygens (including phenoxy) is 1. The number of benzene rings is 2. The Morgan fingerprint density at radius 1 is 1.14 bits per heavy atom. The summed E-state index contributed by atoms with van der Waals surface area (Å²) >= 11 is 1.13. The SMILES string of the molecule is COc1ccc(-c2nnc(NC(=O)CN3C(=O)c4ccccc4S3(=O)=O)s2)cc1. The van der Waals surface area contributed by atoms with E-state index in [1.54, 1.807) is 37.4 Å². The molecule has 0 saturated carbocycles. The summed E-state index contributed by atoms with van der Waals surface area (Å²) in [5, 5.41) is 11.2. The van der Waals surface area contributed by atoms with E-state index in [2.05, 4.69) is 15.5 Å². The number of carbonyl (C=O) groups excluding carboxylic acids is 2. The van der Waals surface area contributed by atoms with Gasteiger partial charge in [0, 0.05) is 5.56 Å². The van der Waals surface area contributed by atoms with Crippen molar-refractivity contribution < 1.29 is 22.7 Å². The Kier molecular flexibility index (Phi) is 4.76. The monoisotopic (exact) mass is 430 g/mol. The highest BCUT2D eigenvalue weighted by molar-refractivity contribution is 7.90. The molecule has 11 heteroatoms. The number of carbonyl (C=O) groups is 2. The van der Waals surface area contributed by atoms with Crippen LogP contribution < -0.4 is 10.1 Å². The van der Waals surface area contributed by atoms with Gasteiger partial charge in [-0.15, -0.1) is 10.2 Å². The summed E-state index contributed by atoms with van der Waals surface area (Å²) in [4.78, 5) is 24.6. The molecule has 1 N–H and O–H groups in total. The molecule has 1 aromatic heterocycles. The van der Waals surface area contributed by atoms with E-state index in [0.717, 1.165) is 16.9 Å². The number of anilines is 1. The smallest absolute Gasteiger partial charge is 0.269 e. The zero-order valence-corrected chi connectivity index (χ0v) is 16.7. The topological polar surface area (TPSA) is 119 Å². The number of aromatic nitrogens is 2. The molecule has 148 valence electrons. The lowest BCUT2D eigenvalue weighted by Crippen LogP contribution is -2.37. The molecule has 0 atom stereocenters. The maximum Gasteiger partial charge on any atom is 0.269 e. The summed E-state index contributed by atoms with van der Waals surface area (Å²) in [7, 11) is -2.48. The van der Waals surface area contributed by atoms with Gasteiger partial charge in [0.2, 0.25) is 11.0 Å². The van der Waals surface area contributed by atoms with Crippen LogP contribution in [0, 0.1) is 0 Å². The average molecular weight is 430 g/mol. The standard InChI is InChI=1S/C18H14N4O5S2/c1-27-12-8-6-11(7-9-12)16-20-21-18(28-16)19-15(23)10-22-17(24)13-4-2-3-5-14(13)29(22,25)26/h2-9H,10H2,1H3,(H,19,21,23). The van der Waals surface area contributed by atoms with Gasteiger partial charge in [0.25, 0.3) is 15.9 Å². The molecule has 3 aromatic rings. The van der Waals surface area contributed by atoms with Crippen LogP contribution in [-0.2, 0) is 14.8 Å². The number of nitrogens with zero attached hydrogens (tertiary/aromatic N) is 3. The highest BCUT2D eigenvalue weighted by atomic mass is 32.2. The molecule has 2 amide bonds. The first kappa shape index (κ1) is 19.0. The number of amides is 2. The Hall–Kier alpha value is -3.31. The van der Waals surface area contributed by atoms with Crippen LogP contribution in [0.1, 0.15) is 10.4 Å². The highest BCUT2D eigenvalue weighted by Gasteiger charge is 2.41. The second-order valence-corrected chi connectivity index (χ2v) is 8.81. The molecule has 0 aliphatic carbocycles. The maximum absolute atomic E-state index is 12.5. The van der Waals surface area contributed by atoms with Crippen LogP contribution in [0.2, 0.25) is 0 Å². The molecule has 1 aliphatic rings. The summed E-state index contributed by atoms with van der Waals surface area (Å²) in [6, 6.07) is 13.0. The van der Waals surface area contributed by atoms with Gasteiger partial charge in [0.15, 0.2) is 0 Å². The van der Waals surface area contributed by atoms with E-state index < -0.39 is 28.4 Å². The molecule has 9 nitrogen and oxygen atoms in total. The fourth-order valence-corrected chi connectivity index (χ4v) is 5.09. The van der Waals surface area contributed by atoms with Crippen molar-refractivity contribution in [2.24, 2.45) is 0 Å². The Morgan fingerprint density at radius 3 is 2.55 bits per heavy atom. The van der Waals surface area contributed by atoms with Crippen molar-refractivity contribution in [1.82, 2.24) is 14.5 Å². The van der Waals surface area contributed by atoms with E-state index >= 15 is 0 Å². The second kappa shape index (κ2) is 7.26. The molecule has 4 rings (SSSR count). The Balaban J connectivity index is 1.47. The summed E-state index contributed by atoms with van der Waals surface area (Å²) in [6.07, 6.45) is 0. The first-order valence-electron chi connectivity index (χ1n) is 8.34. The van der Waals surface area contributed by atoms with Crippen LogP contribution in [0.5, 0.6) is 5.75 Å². The van der Waals surface area contributed by atoms with Crippen LogP contribution in [0.3, 0.4) is 0 Å². The van der Waals surface area contributed by atoms with Crippen LogP contribution in [0.4, 0.5) is 5.13 Å². The molecule has 0 fully saturated rings. The van der Waals surface area contributed by atoms with E-state index in [1.807, 2.05) is 0 Å². The molecule has 0 saturated heterocycles. The molecule has 2 aromatic carbocycles. The van der Waals surface area contributed by atoms with Gasteiger partial charge >= 0.3 is 0 Å². The third-order valence-electron chi connectivity index (χ3n) is 4.21. The zero-order chi connectivity index (χ0) is 20.6. The molecule has 0 bridgehead atoms. The minimum Gasteiger partial charge on any atom is -0.497 e. The fourth-order valence-electron chi connectivity index (χ4n) is 2.80. The highest BCUT2D eigenvalue weighted by Crippen LogP contribution is 2.30. The first-order valence-corrected chi connectivity index (χ1v) is 10.6. The number of fused-ring (bicyclic) bond motifs is 1. The predicted molar refractivity (Wildman–Crippen MR) is 105 cm³/mol. The molecular weight excluding hydrogens is 416 g/mol. The lowest BCUT2D eigenvalue weighted by Gasteiger charge is -2.13. The van der Waals surface area contributed by atoms with Crippen molar-refractivity contribution in [2.45, 2.75) is 4.90 Å². The lowest BCUT2D eigenvalue weighted by molar-refractivity contribution is -0.116. The summed E-state index contributed by atoms with van der Waals surface area (Å²) in [5.41, 5.74) is 0.842. The number of sulfonamides is 1. The van der Waals surface area contributed by atoms with E-state index in [9.17, 15) is 18.0 Å². The maximum atomic E-state index is 12.5. The zero-order valence-electron chi connectivity index (χ0n) is 15.0. The molecule has 29 heavy (non-hydrogen) atoms. The average Bonchev–Trinajstić information content (AvgIpc) is 3.26. The van der Waals surface area contributed by atoms with Crippen molar-refractivity contribution in [3.8, 4) is 16.3 Å². The predicted octanol–water partition coefficient (Wildman–Crippen LogP) is 2.00. The number of nitrogens with one attached hydrogen (secondary N) is 1. The summed E-state index contributed by atoms with van der Waals surface area (Å²) < 4.78 is 30.7. The van der Waals surface area contributed by atoms with Crippen LogP contribution in [-0.4, -0.2) is 48.4 Å².